The first-order valence-corrected chi connectivity index (χ1v) is 11.1. The number of pyridine rings is 1. The molecule has 0 bridgehead atoms. The number of anilines is 1. The van der Waals surface area contributed by atoms with Crippen molar-refractivity contribution in [3.05, 3.63) is 93.2 Å². The van der Waals surface area contributed by atoms with Gasteiger partial charge in [-0.1, -0.05) is 30.3 Å². The van der Waals surface area contributed by atoms with Crippen LogP contribution in [0.2, 0.25) is 0 Å². The van der Waals surface area contributed by atoms with E-state index in [1.165, 1.54) is 41.2 Å². The molecule has 1 amide bonds. The topological polar surface area (TPSA) is 129 Å². The number of hydrogen-bond donors (Lipinski definition) is 1. The highest BCUT2D eigenvalue weighted by molar-refractivity contribution is 6.06. The number of hydrogen-bond acceptors (Lipinski definition) is 7. The second kappa shape index (κ2) is 10.2. The lowest BCUT2D eigenvalue weighted by atomic mass is 10.1. The maximum atomic E-state index is 12.8. The summed E-state index contributed by atoms with van der Waals surface area (Å²) in [6, 6.07) is 13.6. The van der Waals surface area contributed by atoms with Crippen molar-refractivity contribution in [2.24, 2.45) is 0 Å². The Morgan fingerprint density at radius 2 is 1.92 bits per heavy atom. The molecule has 10 heteroatoms. The molecule has 0 saturated heterocycles. The fraction of sp³-hybridized carbons (Fsp3) is 0.154. The lowest BCUT2D eigenvalue weighted by molar-refractivity contribution is -0.384. The van der Waals surface area contributed by atoms with Crippen molar-refractivity contribution in [3.63, 3.8) is 0 Å². The zero-order valence-corrected chi connectivity index (χ0v) is 19.9. The Labute approximate surface area is 206 Å². The van der Waals surface area contributed by atoms with Gasteiger partial charge < -0.3 is 10.1 Å². The summed E-state index contributed by atoms with van der Waals surface area (Å²) in [5.41, 5.74) is 3.16. The second-order valence-corrected chi connectivity index (χ2v) is 7.98. The lowest BCUT2D eigenvalue weighted by Crippen LogP contribution is -2.16. The molecule has 0 spiro atoms. The first-order chi connectivity index (χ1) is 17.3. The molecule has 0 unspecified atom stereocenters. The third-order valence-corrected chi connectivity index (χ3v) is 5.47. The van der Waals surface area contributed by atoms with Crippen LogP contribution in [0.5, 0.6) is 0 Å². The van der Waals surface area contributed by atoms with Gasteiger partial charge in [-0.15, -0.1) is 0 Å². The van der Waals surface area contributed by atoms with E-state index in [1.54, 1.807) is 13.0 Å². The smallest absolute Gasteiger partial charge is 0.343 e. The monoisotopic (exact) mass is 485 g/mol. The number of carbonyl (C=O) groups excluding carboxylic acids is 2. The highest BCUT2D eigenvalue weighted by Gasteiger charge is 2.22. The lowest BCUT2D eigenvalue weighted by Gasteiger charge is -2.12. The highest BCUT2D eigenvalue weighted by Crippen LogP contribution is 2.26. The Balaban J connectivity index is 1.72. The maximum Gasteiger partial charge on any atom is 0.343 e. The van der Waals surface area contributed by atoms with E-state index in [2.05, 4.69) is 10.4 Å². The van der Waals surface area contributed by atoms with Crippen LogP contribution in [0.3, 0.4) is 0 Å². The Bertz CT molecular complexity index is 1520. The van der Waals surface area contributed by atoms with Crippen LogP contribution in [0.1, 0.15) is 34.0 Å². The summed E-state index contributed by atoms with van der Waals surface area (Å²) in [5.74, 6) is -0.692. The summed E-state index contributed by atoms with van der Waals surface area (Å²) in [6.07, 6.45) is 3.97. The number of non-ortho nitro benzene ring substituents is 1. The van der Waals surface area contributed by atoms with Gasteiger partial charge >= 0.3 is 5.97 Å². The van der Waals surface area contributed by atoms with E-state index < -0.39 is 16.8 Å². The van der Waals surface area contributed by atoms with Gasteiger partial charge in [0.2, 0.25) is 5.91 Å². The minimum atomic E-state index is -0.643. The summed E-state index contributed by atoms with van der Waals surface area (Å²) >= 11 is 0. The fourth-order valence-corrected chi connectivity index (χ4v) is 3.73. The summed E-state index contributed by atoms with van der Waals surface area (Å²) < 4.78 is 6.51. The summed E-state index contributed by atoms with van der Waals surface area (Å²) in [4.78, 5) is 40.6. The van der Waals surface area contributed by atoms with E-state index in [9.17, 15) is 19.7 Å². The largest absolute Gasteiger partial charge is 0.462 e. The van der Waals surface area contributed by atoms with Crippen LogP contribution >= 0.6 is 0 Å². The van der Waals surface area contributed by atoms with E-state index >= 15 is 0 Å². The summed E-state index contributed by atoms with van der Waals surface area (Å²) in [6.45, 7) is 5.73. The zero-order chi connectivity index (χ0) is 25.8. The number of benzene rings is 2. The number of nitro groups is 1. The van der Waals surface area contributed by atoms with Crippen LogP contribution in [0, 0.1) is 24.0 Å². The molecular weight excluding hydrogens is 462 g/mol. The van der Waals surface area contributed by atoms with Crippen molar-refractivity contribution in [1.82, 2.24) is 14.8 Å². The number of aryl methyl sites for hydroxylation is 2. The minimum Gasteiger partial charge on any atom is -0.462 e. The standard InChI is InChI=1S/C26H23N5O5/c1-4-36-26(33)21-15-27-30(22-13-17(3)20-10-5-7-16(2)24(20)28-22)25(21)29-23(32)12-11-18-8-6-9-19(14-18)31(34)35/h5-15H,4H2,1-3H3,(H,29,32)/b12-11+. The van der Waals surface area contributed by atoms with Crippen LogP contribution in [-0.4, -0.2) is 38.2 Å². The highest BCUT2D eigenvalue weighted by atomic mass is 16.6. The number of ether oxygens (including phenoxy) is 1. The molecule has 0 aliphatic carbocycles. The first-order valence-electron chi connectivity index (χ1n) is 11.1. The normalized spacial score (nSPS) is 11.1. The number of esters is 1. The number of para-hydroxylation sites is 1. The molecule has 4 rings (SSSR count). The average molecular weight is 486 g/mol. The van der Waals surface area contributed by atoms with Crippen molar-refractivity contribution >= 4 is 40.4 Å². The van der Waals surface area contributed by atoms with Gasteiger partial charge in [0.25, 0.3) is 5.69 Å². The van der Waals surface area contributed by atoms with Crippen molar-refractivity contribution in [1.29, 1.82) is 0 Å². The first kappa shape index (κ1) is 24.3. The molecule has 1 N–H and O–H groups in total. The number of aromatic nitrogens is 3. The van der Waals surface area contributed by atoms with Gasteiger partial charge in [-0.25, -0.2) is 9.78 Å². The van der Waals surface area contributed by atoms with E-state index in [4.69, 9.17) is 9.72 Å². The third-order valence-electron chi connectivity index (χ3n) is 5.47. The molecule has 0 aliphatic heterocycles. The number of carbonyl (C=O) groups is 2. The Morgan fingerprint density at radius 3 is 2.67 bits per heavy atom. The quantitative estimate of drug-likeness (QED) is 0.173. The number of fused-ring (bicyclic) bond motifs is 1. The minimum absolute atomic E-state index is 0.0679. The van der Waals surface area contributed by atoms with Gasteiger partial charge in [0.15, 0.2) is 11.6 Å². The van der Waals surface area contributed by atoms with Gasteiger partial charge in [-0.3, -0.25) is 14.9 Å². The molecule has 2 aromatic carbocycles. The number of nitrogens with zero attached hydrogens (tertiary/aromatic N) is 4. The van der Waals surface area contributed by atoms with Crippen LogP contribution in [-0.2, 0) is 9.53 Å². The molecule has 0 fully saturated rings. The van der Waals surface area contributed by atoms with Crippen molar-refractivity contribution in [3.8, 4) is 5.82 Å². The van der Waals surface area contributed by atoms with Crippen LogP contribution in [0.25, 0.3) is 22.8 Å². The second-order valence-electron chi connectivity index (χ2n) is 7.98. The molecule has 0 aliphatic rings. The van der Waals surface area contributed by atoms with Crippen molar-refractivity contribution in [2.75, 3.05) is 11.9 Å². The Kier molecular flexibility index (Phi) is 6.86. The number of rotatable bonds is 7. The van der Waals surface area contributed by atoms with Gasteiger partial charge in [0.05, 0.1) is 23.2 Å². The average Bonchev–Trinajstić information content (AvgIpc) is 3.27. The van der Waals surface area contributed by atoms with E-state index in [0.717, 1.165) is 22.0 Å². The van der Waals surface area contributed by atoms with Gasteiger partial charge in [0, 0.05) is 23.6 Å². The molecule has 0 atom stereocenters. The van der Waals surface area contributed by atoms with E-state index in [-0.39, 0.29) is 23.7 Å². The Morgan fingerprint density at radius 1 is 1.14 bits per heavy atom. The van der Waals surface area contributed by atoms with Crippen molar-refractivity contribution < 1.29 is 19.2 Å². The van der Waals surface area contributed by atoms with Gasteiger partial charge in [-0.2, -0.15) is 9.78 Å². The molecule has 4 aromatic rings. The van der Waals surface area contributed by atoms with Crippen LogP contribution in [0.15, 0.2) is 60.8 Å². The molecule has 2 heterocycles. The van der Waals surface area contributed by atoms with Gasteiger partial charge in [0.1, 0.15) is 5.56 Å². The predicted octanol–water partition coefficient (Wildman–Crippen LogP) is 4.77. The Hall–Kier alpha value is -4.86. The predicted molar refractivity (Wildman–Crippen MR) is 135 cm³/mol. The van der Waals surface area contributed by atoms with E-state index in [1.807, 2.05) is 38.1 Å². The summed E-state index contributed by atoms with van der Waals surface area (Å²) in [7, 11) is 0. The third kappa shape index (κ3) is 4.97. The SMILES string of the molecule is CCOC(=O)c1cnn(-c2cc(C)c3cccc(C)c3n2)c1NC(=O)/C=C/c1cccc([N+](=O)[O-])c1. The van der Waals surface area contributed by atoms with Crippen LogP contribution in [0.4, 0.5) is 11.5 Å². The van der Waals surface area contributed by atoms with Crippen LogP contribution < -0.4 is 5.32 Å². The maximum absolute atomic E-state index is 12.8. The number of nitrogens with one attached hydrogen (secondary N) is 1. The zero-order valence-electron chi connectivity index (χ0n) is 19.9. The molecule has 2 aromatic heterocycles. The number of amides is 1. The summed E-state index contributed by atoms with van der Waals surface area (Å²) in [5, 5.41) is 19.0. The van der Waals surface area contributed by atoms with E-state index in [0.29, 0.717) is 11.4 Å². The fourth-order valence-electron chi connectivity index (χ4n) is 3.73. The number of nitro benzene ring substituents is 1. The molecule has 0 saturated carbocycles. The molecule has 10 nitrogen and oxygen atoms in total. The molecule has 182 valence electrons. The van der Waals surface area contributed by atoms with Crippen molar-refractivity contribution in [2.45, 2.75) is 20.8 Å². The molecule has 0 radical (unpaired) electrons. The molecule has 36 heavy (non-hydrogen) atoms. The van der Waals surface area contributed by atoms with Gasteiger partial charge in [-0.05, 0) is 49.6 Å². The molecular formula is C26H23N5O5.